The first-order valence-corrected chi connectivity index (χ1v) is 9.07. The van der Waals surface area contributed by atoms with Crippen LogP contribution in [0, 0.1) is 6.92 Å². The van der Waals surface area contributed by atoms with E-state index in [4.69, 9.17) is 12.2 Å². The maximum Gasteiger partial charge on any atom is 0.257 e. The van der Waals surface area contributed by atoms with Gasteiger partial charge >= 0.3 is 0 Å². The Kier molecular flexibility index (Phi) is 6.14. The van der Waals surface area contributed by atoms with Crippen molar-refractivity contribution in [2.75, 3.05) is 10.6 Å². The van der Waals surface area contributed by atoms with Crippen molar-refractivity contribution in [1.29, 1.82) is 0 Å². The molecule has 0 aliphatic carbocycles. The third-order valence-electron chi connectivity index (χ3n) is 3.94. The van der Waals surface area contributed by atoms with Crippen LogP contribution in [0.2, 0.25) is 0 Å². The van der Waals surface area contributed by atoms with Crippen molar-refractivity contribution >= 4 is 40.5 Å². The number of thiocarbonyl (C=S) groups is 1. The Morgan fingerprint density at radius 1 is 0.714 bits per heavy atom. The number of anilines is 2. The smallest absolute Gasteiger partial charge is 0.257 e. The number of carbonyl (C=O) groups excluding carboxylic acids is 2. The molecule has 2 amide bonds. The van der Waals surface area contributed by atoms with Gasteiger partial charge in [0.1, 0.15) is 0 Å². The van der Waals surface area contributed by atoms with Gasteiger partial charge in [-0.3, -0.25) is 14.9 Å². The fourth-order valence-corrected chi connectivity index (χ4v) is 2.76. The monoisotopic (exact) mass is 389 g/mol. The summed E-state index contributed by atoms with van der Waals surface area (Å²) in [4.78, 5) is 24.4. The van der Waals surface area contributed by atoms with E-state index in [9.17, 15) is 9.59 Å². The van der Waals surface area contributed by atoms with Crippen molar-refractivity contribution in [2.45, 2.75) is 6.92 Å². The molecule has 0 radical (unpaired) electrons. The number of hydrogen-bond donors (Lipinski definition) is 3. The quantitative estimate of drug-likeness (QED) is 0.580. The summed E-state index contributed by atoms with van der Waals surface area (Å²) in [6.07, 6.45) is 0. The number of nitrogens with one attached hydrogen (secondary N) is 3. The number of rotatable bonds is 4. The molecule has 6 heteroatoms. The normalized spacial score (nSPS) is 10.0. The summed E-state index contributed by atoms with van der Waals surface area (Å²) in [6, 6.07) is 23.3. The minimum absolute atomic E-state index is 0.178. The molecule has 0 saturated carbocycles. The maximum atomic E-state index is 12.2. The number of carbonyl (C=O) groups is 2. The fraction of sp³-hybridized carbons (Fsp3) is 0.0455. The summed E-state index contributed by atoms with van der Waals surface area (Å²) in [5.41, 5.74) is 3.49. The van der Waals surface area contributed by atoms with Gasteiger partial charge in [0.25, 0.3) is 11.8 Å². The number of hydrogen-bond acceptors (Lipinski definition) is 3. The largest absolute Gasteiger partial charge is 0.332 e. The fourth-order valence-electron chi connectivity index (χ4n) is 2.55. The van der Waals surface area contributed by atoms with Gasteiger partial charge in [-0.05, 0) is 67.7 Å². The van der Waals surface area contributed by atoms with Crippen LogP contribution >= 0.6 is 12.2 Å². The lowest BCUT2D eigenvalue weighted by molar-refractivity contribution is 0.0976. The van der Waals surface area contributed by atoms with Gasteiger partial charge in [0.2, 0.25) is 0 Å². The number of aryl methyl sites for hydroxylation is 1. The zero-order valence-corrected chi connectivity index (χ0v) is 16.0. The molecule has 0 fully saturated rings. The molecule has 140 valence electrons. The van der Waals surface area contributed by atoms with Gasteiger partial charge in [-0.25, -0.2) is 0 Å². The lowest BCUT2D eigenvalue weighted by Gasteiger charge is -2.11. The molecule has 0 aromatic heterocycles. The van der Waals surface area contributed by atoms with E-state index < -0.39 is 0 Å². The van der Waals surface area contributed by atoms with E-state index >= 15 is 0 Å². The van der Waals surface area contributed by atoms with Crippen LogP contribution in [0.1, 0.15) is 26.3 Å². The van der Waals surface area contributed by atoms with Crippen molar-refractivity contribution in [3.05, 3.63) is 95.6 Å². The number of amides is 2. The van der Waals surface area contributed by atoms with E-state index in [-0.39, 0.29) is 16.9 Å². The van der Waals surface area contributed by atoms with E-state index in [2.05, 4.69) is 16.0 Å². The minimum atomic E-state index is -0.270. The zero-order valence-electron chi connectivity index (χ0n) is 15.2. The summed E-state index contributed by atoms with van der Waals surface area (Å²) in [5, 5.41) is 8.64. The van der Waals surface area contributed by atoms with Crippen LogP contribution in [-0.2, 0) is 0 Å². The molecule has 0 saturated heterocycles. The average molecular weight is 389 g/mol. The lowest BCUT2D eigenvalue weighted by atomic mass is 10.1. The molecule has 3 rings (SSSR count). The Balaban J connectivity index is 1.55. The highest BCUT2D eigenvalue weighted by Gasteiger charge is 2.09. The molecular formula is C22H19N3O2S. The molecule has 0 atom stereocenters. The van der Waals surface area contributed by atoms with E-state index in [0.717, 1.165) is 5.56 Å². The molecule has 0 spiro atoms. The van der Waals surface area contributed by atoms with Gasteiger partial charge in [-0.2, -0.15) is 0 Å². The van der Waals surface area contributed by atoms with Gasteiger partial charge in [-0.1, -0.05) is 35.9 Å². The lowest BCUT2D eigenvalue weighted by Crippen LogP contribution is -2.34. The second kappa shape index (κ2) is 8.92. The topological polar surface area (TPSA) is 70.2 Å². The Hall–Kier alpha value is -3.51. The Morgan fingerprint density at radius 3 is 1.96 bits per heavy atom. The Morgan fingerprint density at radius 2 is 1.32 bits per heavy atom. The van der Waals surface area contributed by atoms with E-state index in [0.29, 0.717) is 22.5 Å². The van der Waals surface area contributed by atoms with Gasteiger partial charge in [-0.15, -0.1) is 0 Å². The summed E-state index contributed by atoms with van der Waals surface area (Å²) in [5.74, 6) is -0.449. The predicted octanol–water partition coefficient (Wildman–Crippen LogP) is 4.37. The molecule has 3 aromatic rings. The first kappa shape index (κ1) is 19.3. The van der Waals surface area contributed by atoms with E-state index in [1.807, 2.05) is 37.3 Å². The van der Waals surface area contributed by atoms with Crippen LogP contribution in [0.3, 0.4) is 0 Å². The molecule has 28 heavy (non-hydrogen) atoms. The van der Waals surface area contributed by atoms with Crippen molar-refractivity contribution in [3.63, 3.8) is 0 Å². The minimum Gasteiger partial charge on any atom is -0.332 e. The molecule has 0 aliphatic heterocycles. The van der Waals surface area contributed by atoms with Crippen molar-refractivity contribution in [2.24, 2.45) is 0 Å². The molecule has 0 bridgehead atoms. The third-order valence-corrected chi connectivity index (χ3v) is 4.15. The molecule has 0 unspecified atom stereocenters. The van der Waals surface area contributed by atoms with Crippen molar-refractivity contribution in [3.8, 4) is 0 Å². The van der Waals surface area contributed by atoms with Crippen molar-refractivity contribution in [1.82, 2.24) is 5.32 Å². The van der Waals surface area contributed by atoms with E-state index in [1.165, 1.54) is 0 Å². The second-order valence-electron chi connectivity index (χ2n) is 6.18. The molecule has 0 heterocycles. The van der Waals surface area contributed by atoms with Gasteiger partial charge < -0.3 is 10.6 Å². The van der Waals surface area contributed by atoms with Crippen LogP contribution in [0.25, 0.3) is 0 Å². The van der Waals surface area contributed by atoms with Crippen molar-refractivity contribution < 1.29 is 9.59 Å². The highest BCUT2D eigenvalue weighted by atomic mass is 32.1. The van der Waals surface area contributed by atoms with Gasteiger partial charge in [0, 0.05) is 22.5 Å². The molecule has 5 nitrogen and oxygen atoms in total. The summed E-state index contributed by atoms with van der Waals surface area (Å²) in [6.45, 7) is 1.92. The van der Waals surface area contributed by atoms with Crippen LogP contribution in [0.4, 0.5) is 11.4 Å². The SMILES string of the molecule is Cc1cccc(C(=O)NC(=S)Nc2ccc(NC(=O)c3ccccc3)cc2)c1. The average Bonchev–Trinajstić information content (AvgIpc) is 2.70. The van der Waals surface area contributed by atoms with Crippen LogP contribution in [-0.4, -0.2) is 16.9 Å². The maximum absolute atomic E-state index is 12.2. The Labute approximate surface area is 168 Å². The van der Waals surface area contributed by atoms with E-state index in [1.54, 1.807) is 48.5 Å². The Bertz CT molecular complexity index is 1000. The first-order chi connectivity index (χ1) is 13.5. The summed E-state index contributed by atoms with van der Waals surface area (Å²) < 4.78 is 0. The summed E-state index contributed by atoms with van der Waals surface area (Å²) in [7, 11) is 0. The van der Waals surface area contributed by atoms with Gasteiger partial charge in [0.05, 0.1) is 0 Å². The number of benzene rings is 3. The van der Waals surface area contributed by atoms with Crippen LogP contribution < -0.4 is 16.0 Å². The molecular weight excluding hydrogens is 370 g/mol. The highest BCUT2D eigenvalue weighted by molar-refractivity contribution is 7.80. The molecule has 3 aromatic carbocycles. The zero-order chi connectivity index (χ0) is 19.9. The first-order valence-electron chi connectivity index (χ1n) is 8.67. The second-order valence-corrected chi connectivity index (χ2v) is 6.58. The summed E-state index contributed by atoms with van der Waals surface area (Å²) >= 11 is 5.20. The van der Waals surface area contributed by atoms with Crippen LogP contribution in [0.5, 0.6) is 0 Å². The molecule has 0 aliphatic rings. The third kappa shape index (κ3) is 5.25. The standard InChI is InChI=1S/C22H19N3O2S/c1-15-6-5-9-17(14-15)21(27)25-22(28)24-19-12-10-18(11-13-19)23-20(26)16-7-3-2-4-8-16/h2-14H,1H3,(H,23,26)(H2,24,25,27,28). The highest BCUT2D eigenvalue weighted by Crippen LogP contribution is 2.15. The van der Waals surface area contributed by atoms with Crippen LogP contribution in [0.15, 0.2) is 78.9 Å². The molecule has 3 N–H and O–H groups in total. The van der Waals surface area contributed by atoms with Gasteiger partial charge in [0.15, 0.2) is 5.11 Å². The predicted molar refractivity (Wildman–Crippen MR) is 116 cm³/mol.